The van der Waals surface area contributed by atoms with Crippen LogP contribution >= 0.6 is 0 Å². The molecule has 1 unspecified atom stereocenters. The smallest absolute Gasteiger partial charge is 0.0702 e. The molecular weight excluding hydrogens is 224 g/mol. The van der Waals surface area contributed by atoms with Gasteiger partial charge in [-0.3, -0.25) is 0 Å². The molecule has 18 heavy (non-hydrogen) atoms. The third-order valence-electron chi connectivity index (χ3n) is 3.58. The number of aryl methyl sites for hydroxylation is 1. The number of nitrogens with zero attached hydrogens (tertiary/aromatic N) is 1. The fraction of sp³-hybridized carbons (Fsp3) is 0.600. The molecule has 0 aliphatic carbocycles. The number of para-hydroxylation sites is 1. The molecule has 100 valence electrons. The summed E-state index contributed by atoms with van der Waals surface area (Å²) in [7, 11) is 2.18. The molecule has 0 aromatic heterocycles. The molecule has 0 bridgehead atoms. The van der Waals surface area contributed by atoms with Gasteiger partial charge in [0.25, 0.3) is 0 Å². The van der Waals surface area contributed by atoms with Crippen molar-refractivity contribution in [3.8, 4) is 0 Å². The van der Waals surface area contributed by atoms with Gasteiger partial charge in [-0.05, 0) is 50.9 Å². The molecule has 1 saturated heterocycles. The van der Waals surface area contributed by atoms with Crippen LogP contribution in [-0.2, 0) is 11.2 Å². The summed E-state index contributed by atoms with van der Waals surface area (Å²) in [6, 6.07) is 8.14. The van der Waals surface area contributed by atoms with Gasteiger partial charge in [-0.15, -0.1) is 0 Å². The summed E-state index contributed by atoms with van der Waals surface area (Å²) < 4.78 is 5.65. The number of rotatable bonds is 6. The third kappa shape index (κ3) is 4.00. The first-order valence-electron chi connectivity index (χ1n) is 6.89. The average molecular weight is 248 g/mol. The number of likely N-dealkylation sites (N-methyl/N-ethyl adjacent to an activating group) is 1. The van der Waals surface area contributed by atoms with E-state index in [1.54, 1.807) is 0 Å². The lowest BCUT2D eigenvalue weighted by molar-refractivity contribution is 0.0810. The number of nitrogen functional groups attached to an aromatic ring is 1. The topological polar surface area (TPSA) is 38.5 Å². The van der Waals surface area contributed by atoms with Gasteiger partial charge >= 0.3 is 0 Å². The molecule has 2 N–H and O–H groups in total. The van der Waals surface area contributed by atoms with Gasteiger partial charge in [0.15, 0.2) is 0 Å². The lowest BCUT2D eigenvalue weighted by atomic mass is 10.1. The molecule has 1 aromatic carbocycles. The van der Waals surface area contributed by atoms with Crippen LogP contribution < -0.4 is 5.73 Å². The zero-order valence-electron chi connectivity index (χ0n) is 11.3. The minimum atomic E-state index is 0.455. The second kappa shape index (κ2) is 6.76. The average Bonchev–Trinajstić information content (AvgIpc) is 2.84. The van der Waals surface area contributed by atoms with Crippen molar-refractivity contribution in [1.82, 2.24) is 4.90 Å². The molecular formula is C15H24N2O. The minimum absolute atomic E-state index is 0.455. The first-order chi connectivity index (χ1) is 8.75. The molecule has 3 nitrogen and oxygen atoms in total. The van der Waals surface area contributed by atoms with Crippen molar-refractivity contribution in [2.45, 2.75) is 31.8 Å². The quantitative estimate of drug-likeness (QED) is 0.785. The fourth-order valence-electron chi connectivity index (χ4n) is 2.53. The van der Waals surface area contributed by atoms with Crippen LogP contribution in [0.25, 0.3) is 0 Å². The van der Waals surface area contributed by atoms with E-state index in [1.807, 2.05) is 12.1 Å². The highest BCUT2D eigenvalue weighted by atomic mass is 16.5. The minimum Gasteiger partial charge on any atom is -0.399 e. The van der Waals surface area contributed by atoms with Crippen molar-refractivity contribution in [2.24, 2.45) is 0 Å². The largest absolute Gasteiger partial charge is 0.399 e. The lowest BCUT2D eigenvalue weighted by Crippen LogP contribution is -2.29. The van der Waals surface area contributed by atoms with Gasteiger partial charge < -0.3 is 15.4 Å². The Morgan fingerprint density at radius 1 is 1.39 bits per heavy atom. The van der Waals surface area contributed by atoms with Crippen LogP contribution in [-0.4, -0.2) is 37.7 Å². The number of benzene rings is 1. The fourth-order valence-corrected chi connectivity index (χ4v) is 2.53. The Bertz CT molecular complexity index is 361. The SMILES string of the molecule is CN(CCCc1ccccc1N)CC1CCCO1. The summed E-state index contributed by atoms with van der Waals surface area (Å²) in [5, 5.41) is 0. The molecule has 1 aliphatic heterocycles. The van der Waals surface area contributed by atoms with E-state index in [9.17, 15) is 0 Å². The van der Waals surface area contributed by atoms with Crippen LogP contribution in [0.4, 0.5) is 5.69 Å². The molecule has 3 heteroatoms. The second-order valence-electron chi connectivity index (χ2n) is 5.20. The van der Waals surface area contributed by atoms with E-state index in [4.69, 9.17) is 10.5 Å². The van der Waals surface area contributed by atoms with Gasteiger partial charge in [-0.1, -0.05) is 18.2 Å². The van der Waals surface area contributed by atoms with E-state index in [1.165, 1.54) is 18.4 Å². The second-order valence-corrected chi connectivity index (χ2v) is 5.20. The molecule has 0 spiro atoms. The summed E-state index contributed by atoms with van der Waals surface area (Å²) in [6.07, 6.45) is 5.10. The Kier molecular flexibility index (Phi) is 5.02. The highest BCUT2D eigenvalue weighted by molar-refractivity contribution is 5.46. The van der Waals surface area contributed by atoms with Crippen LogP contribution in [0, 0.1) is 0 Å². The Balaban J connectivity index is 1.67. The molecule has 1 fully saturated rings. The van der Waals surface area contributed by atoms with Crippen LogP contribution in [0.5, 0.6) is 0 Å². The molecule has 1 aliphatic rings. The molecule has 0 amide bonds. The van der Waals surface area contributed by atoms with Gasteiger partial charge in [-0.25, -0.2) is 0 Å². The molecule has 0 saturated carbocycles. The Morgan fingerprint density at radius 3 is 2.94 bits per heavy atom. The van der Waals surface area contributed by atoms with E-state index in [0.29, 0.717) is 6.10 Å². The summed E-state index contributed by atoms with van der Waals surface area (Å²) in [5.74, 6) is 0. The van der Waals surface area contributed by atoms with Crippen LogP contribution in [0.1, 0.15) is 24.8 Å². The first kappa shape index (κ1) is 13.4. The van der Waals surface area contributed by atoms with E-state index in [0.717, 1.165) is 38.2 Å². The predicted octanol–water partition coefficient (Wildman–Crippen LogP) is 2.31. The maximum atomic E-state index is 5.94. The van der Waals surface area contributed by atoms with Crippen molar-refractivity contribution in [2.75, 3.05) is 32.5 Å². The summed E-state index contributed by atoms with van der Waals surface area (Å²) in [6.45, 7) is 3.11. The number of anilines is 1. The number of ether oxygens (including phenoxy) is 1. The molecule has 2 rings (SSSR count). The summed E-state index contributed by atoms with van der Waals surface area (Å²) in [5.41, 5.74) is 8.12. The van der Waals surface area contributed by atoms with E-state index in [-0.39, 0.29) is 0 Å². The van der Waals surface area contributed by atoms with Crippen molar-refractivity contribution < 1.29 is 4.74 Å². The third-order valence-corrected chi connectivity index (χ3v) is 3.58. The highest BCUT2D eigenvalue weighted by Gasteiger charge is 2.16. The molecule has 1 heterocycles. The Morgan fingerprint density at radius 2 is 2.22 bits per heavy atom. The number of nitrogens with two attached hydrogens (primary N) is 1. The Hall–Kier alpha value is -1.06. The molecule has 1 atom stereocenters. The van der Waals surface area contributed by atoms with E-state index >= 15 is 0 Å². The van der Waals surface area contributed by atoms with Crippen LogP contribution in [0.15, 0.2) is 24.3 Å². The van der Waals surface area contributed by atoms with Gasteiger partial charge in [0, 0.05) is 18.8 Å². The monoisotopic (exact) mass is 248 g/mol. The van der Waals surface area contributed by atoms with Gasteiger partial charge in [-0.2, -0.15) is 0 Å². The van der Waals surface area contributed by atoms with Gasteiger partial charge in [0.1, 0.15) is 0 Å². The van der Waals surface area contributed by atoms with Gasteiger partial charge in [0.05, 0.1) is 6.10 Å². The Labute approximate surface area is 110 Å². The summed E-state index contributed by atoms with van der Waals surface area (Å²) >= 11 is 0. The summed E-state index contributed by atoms with van der Waals surface area (Å²) in [4.78, 5) is 2.37. The standard InChI is InChI=1S/C15H24N2O/c1-17(12-14-8-5-11-18-14)10-4-7-13-6-2-3-9-15(13)16/h2-3,6,9,14H,4-5,7-8,10-12,16H2,1H3. The van der Waals surface area contributed by atoms with E-state index in [2.05, 4.69) is 24.1 Å². The molecule has 0 radical (unpaired) electrons. The van der Waals surface area contributed by atoms with Crippen LogP contribution in [0.2, 0.25) is 0 Å². The normalized spacial score (nSPS) is 19.6. The van der Waals surface area contributed by atoms with E-state index < -0.39 is 0 Å². The predicted molar refractivity (Wildman–Crippen MR) is 75.6 cm³/mol. The highest BCUT2D eigenvalue weighted by Crippen LogP contribution is 2.14. The zero-order chi connectivity index (χ0) is 12.8. The molecule has 1 aromatic rings. The van der Waals surface area contributed by atoms with Crippen molar-refractivity contribution in [3.05, 3.63) is 29.8 Å². The first-order valence-corrected chi connectivity index (χ1v) is 6.89. The van der Waals surface area contributed by atoms with Crippen LogP contribution in [0.3, 0.4) is 0 Å². The number of hydrogen-bond donors (Lipinski definition) is 1. The number of hydrogen-bond acceptors (Lipinski definition) is 3. The zero-order valence-corrected chi connectivity index (χ0v) is 11.3. The maximum Gasteiger partial charge on any atom is 0.0702 e. The van der Waals surface area contributed by atoms with Crippen molar-refractivity contribution in [1.29, 1.82) is 0 Å². The maximum absolute atomic E-state index is 5.94. The lowest BCUT2D eigenvalue weighted by Gasteiger charge is -2.20. The van der Waals surface area contributed by atoms with Gasteiger partial charge in [0.2, 0.25) is 0 Å². The van der Waals surface area contributed by atoms with Crippen molar-refractivity contribution >= 4 is 5.69 Å². The van der Waals surface area contributed by atoms with Crippen molar-refractivity contribution in [3.63, 3.8) is 0 Å².